The summed E-state index contributed by atoms with van der Waals surface area (Å²) in [5.74, 6) is 2.49. The fourth-order valence-electron chi connectivity index (χ4n) is 0.984. The smallest absolute Gasteiger partial charge is 0.139 e. The Morgan fingerprint density at radius 2 is 2.07 bits per heavy atom. The van der Waals surface area contributed by atoms with Crippen molar-refractivity contribution in [3.8, 4) is 5.75 Å². The summed E-state index contributed by atoms with van der Waals surface area (Å²) >= 11 is 13.5. The second-order valence-electron chi connectivity index (χ2n) is 2.82. The molecule has 0 radical (unpaired) electrons. The van der Waals surface area contributed by atoms with E-state index in [1.807, 2.05) is 0 Å². The van der Waals surface area contributed by atoms with E-state index >= 15 is 0 Å². The lowest BCUT2D eigenvalue weighted by molar-refractivity contribution is 0.344. The van der Waals surface area contributed by atoms with Gasteiger partial charge in [-0.05, 0) is 12.1 Å². The van der Waals surface area contributed by atoms with E-state index in [1.54, 1.807) is 30.0 Å². The molecule has 15 heavy (non-hydrogen) atoms. The van der Waals surface area contributed by atoms with Crippen molar-refractivity contribution in [1.82, 2.24) is 0 Å². The van der Waals surface area contributed by atoms with E-state index in [9.17, 15) is 0 Å². The van der Waals surface area contributed by atoms with Gasteiger partial charge in [-0.1, -0.05) is 23.2 Å². The van der Waals surface area contributed by atoms with Gasteiger partial charge in [0.05, 0.1) is 11.6 Å². The van der Waals surface area contributed by atoms with Crippen molar-refractivity contribution in [2.24, 2.45) is 5.73 Å². The third kappa shape index (κ3) is 4.98. The number of hydrogen-bond donors (Lipinski definition) is 1. The Morgan fingerprint density at radius 3 is 2.80 bits per heavy atom. The van der Waals surface area contributed by atoms with Crippen molar-refractivity contribution in [1.29, 1.82) is 0 Å². The average Bonchev–Trinajstić information content (AvgIpc) is 2.23. The van der Waals surface area contributed by atoms with Crippen LogP contribution in [0.25, 0.3) is 0 Å². The lowest BCUT2D eigenvalue weighted by Crippen LogP contribution is -2.05. The van der Waals surface area contributed by atoms with Crippen molar-refractivity contribution in [2.75, 3.05) is 24.7 Å². The van der Waals surface area contributed by atoms with Crippen molar-refractivity contribution >= 4 is 35.0 Å². The standard InChI is InChI=1S/C10H13Cl2NOS/c11-8-1-2-9(12)10(7-8)14-4-6-15-5-3-13/h1-2,7H,3-6,13H2. The molecule has 2 N–H and O–H groups in total. The van der Waals surface area contributed by atoms with Gasteiger partial charge in [0.2, 0.25) is 0 Å². The predicted octanol–water partition coefficient (Wildman–Crippen LogP) is 3.06. The monoisotopic (exact) mass is 265 g/mol. The fourth-order valence-corrected chi connectivity index (χ4v) is 1.89. The first-order valence-electron chi connectivity index (χ1n) is 4.59. The molecule has 0 spiro atoms. The first-order valence-corrected chi connectivity index (χ1v) is 6.51. The van der Waals surface area contributed by atoms with Crippen LogP contribution in [0.1, 0.15) is 0 Å². The Hall–Kier alpha value is -0.0900. The summed E-state index contributed by atoms with van der Waals surface area (Å²) in [6.07, 6.45) is 0. The van der Waals surface area contributed by atoms with Crippen molar-refractivity contribution in [2.45, 2.75) is 0 Å². The quantitative estimate of drug-likeness (QED) is 0.804. The summed E-state index contributed by atoms with van der Waals surface area (Å²) in [4.78, 5) is 0. The summed E-state index contributed by atoms with van der Waals surface area (Å²) in [6, 6.07) is 5.18. The van der Waals surface area contributed by atoms with Crippen LogP contribution >= 0.6 is 35.0 Å². The summed E-state index contributed by atoms with van der Waals surface area (Å²) < 4.78 is 5.49. The van der Waals surface area contributed by atoms with Gasteiger partial charge in [0.1, 0.15) is 5.75 Å². The number of hydrogen-bond acceptors (Lipinski definition) is 3. The normalized spacial score (nSPS) is 10.3. The maximum atomic E-state index is 5.93. The van der Waals surface area contributed by atoms with Gasteiger partial charge in [0.15, 0.2) is 0 Å². The Balaban J connectivity index is 2.33. The number of halogens is 2. The van der Waals surface area contributed by atoms with E-state index in [1.165, 1.54) is 0 Å². The van der Waals surface area contributed by atoms with Crippen molar-refractivity contribution < 1.29 is 4.74 Å². The topological polar surface area (TPSA) is 35.2 Å². The van der Waals surface area contributed by atoms with Crippen LogP contribution in [0.4, 0.5) is 0 Å². The highest BCUT2D eigenvalue weighted by molar-refractivity contribution is 7.99. The van der Waals surface area contributed by atoms with Gasteiger partial charge in [-0.3, -0.25) is 0 Å². The molecule has 84 valence electrons. The predicted molar refractivity (Wildman–Crippen MR) is 68.3 cm³/mol. The third-order valence-electron chi connectivity index (χ3n) is 1.64. The molecule has 1 rings (SSSR count). The molecular weight excluding hydrogens is 253 g/mol. The molecule has 5 heteroatoms. The molecule has 1 aromatic rings. The molecule has 2 nitrogen and oxygen atoms in total. The molecule has 0 aliphatic heterocycles. The fraction of sp³-hybridized carbons (Fsp3) is 0.400. The number of nitrogens with two attached hydrogens (primary N) is 1. The summed E-state index contributed by atoms with van der Waals surface area (Å²) in [7, 11) is 0. The van der Waals surface area contributed by atoms with E-state index in [0.29, 0.717) is 28.9 Å². The molecular formula is C10H13Cl2NOS. The van der Waals surface area contributed by atoms with E-state index in [2.05, 4.69) is 0 Å². The van der Waals surface area contributed by atoms with Crippen LogP contribution in [-0.2, 0) is 0 Å². The molecule has 0 unspecified atom stereocenters. The molecule has 0 aliphatic rings. The summed E-state index contributed by atoms with van der Waals surface area (Å²) in [5.41, 5.74) is 5.37. The molecule has 0 atom stereocenters. The van der Waals surface area contributed by atoms with Gasteiger partial charge in [-0.25, -0.2) is 0 Å². The van der Waals surface area contributed by atoms with Gasteiger partial charge in [-0.2, -0.15) is 11.8 Å². The van der Waals surface area contributed by atoms with Crippen LogP contribution in [0.2, 0.25) is 10.0 Å². The SMILES string of the molecule is NCCSCCOc1cc(Cl)ccc1Cl. The molecule has 1 aromatic carbocycles. The Bertz CT molecular complexity index is 309. The van der Waals surface area contributed by atoms with Gasteiger partial charge < -0.3 is 10.5 Å². The van der Waals surface area contributed by atoms with E-state index in [4.69, 9.17) is 33.7 Å². The minimum absolute atomic E-state index is 0.586. The summed E-state index contributed by atoms with van der Waals surface area (Å²) in [6.45, 7) is 1.31. The molecule has 0 saturated heterocycles. The first-order chi connectivity index (χ1) is 7.24. The first kappa shape index (κ1) is 13.0. The Labute approximate surface area is 104 Å². The van der Waals surface area contributed by atoms with E-state index in [-0.39, 0.29) is 0 Å². The van der Waals surface area contributed by atoms with Crippen LogP contribution in [0.3, 0.4) is 0 Å². The second kappa shape index (κ2) is 7.23. The van der Waals surface area contributed by atoms with Crippen LogP contribution in [0.15, 0.2) is 18.2 Å². The zero-order valence-electron chi connectivity index (χ0n) is 8.21. The molecule has 0 amide bonds. The minimum Gasteiger partial charge on any atom is -0.491 e. The van der Waals surface area contributed by atoms with Crippen LogP contribution in [-0.4, -0.2) is 24.7 Å². The molecule has 0 aliphatic carbocycles. The third-order valence-corrected chi connectivity index (χ3v) is 3.17. The van der Waals surface area contributed by atoms with Crippen LogP contribution < -0.4 is 10.5 Å². The van der Waals surface area contributed by atoms with Crippen molar-refractivity contribution in [3.63, 3.8) is 0 Å². The maximum Gasteiger partial charge on any atom is 0.139 e. The zero-order valence-corrected chi connectivity index (χ0v) is 10.5. The van der Waals surface area contributed by atoms with Gasteiger partial charge in [-0.15, -0.1) is 0 Å². The van der Waals surface area contributed by atoms with E-state index < -0.39 is 0 Å². The number of ether oxygens (including phenoxy) is 1. The van der Waals surface area contributed by atoms with Crippen LogP contribution in [0, 0.1) is 0 Å². The highest BCUT2D eigenvalue weighted by Gasteiger charge is 2.01. The van der Waals surface area contributed by atoms with E-state index in [0.717, 1.165) is 11.5 Å². The second-order valence-corrected chi connectivity index (χ2v) is 4.89. The van der Waals surface area contributed by atoms with Crippen LogP contribution in [0.5, 0.6) is 5.75 Å². The largest absolute Gasteiger partial charge is 0.491 e. The molecule has 0 aromatic heterocycles. The highest BCUT2D eigenvalue weighted by Crippen LogP contribution is 2.27. The number of benzene rings is 1. The molecule has 0 fully saturated rings. The minimum atomic E-state index is 0.586. The van der Waals surface area contributed by atoms with Gasteiger partial charge >= 0.3 is 0 Å². The maximum absolute atomic E-state index is 5.93. The lowest BCUT2D eigenvalue weighted by Gasteiger charge is -2.07. The highest BCUT2D eigenvalue weighted by atomic mass is 35.5. The lowest BCUT2D eigenvalue weighted by atomic mass is 10.3. The van der Waals surface area contributed by atoms with Crippen molar-refractivity contribution in [3.05, 3.63) is 28.2 Å². The van der Waals surface area contributed by atoms with Gasteiger partial charge in [0, 0.05) is 29.1 Å². The Morgan fingerprint density at radius 1 is 1.27 bits per heavy atom. The number of thioether (sulfide) groups is 1. The molecule has 0 heterocycles. The summed E-state index contributed by atoms with van der Waals surface area (Å²) in [5, 5.41) is 1.22. The molecule has 0 saturated carbocycles. The average molecular weight is 266 g/mol. The Kier molecular flexibility index (Phi) is 6.25. The molecule has 0 bridgehead atoms. The van der Waals surface area contributed by atoms with Gasteiger partial charge in [0.25, 0.3) is 0 Å². The zero-order chi connectivity index (χ0) is 11.1. The number of rotatable bonds is 6.